The lowest BCUT2D eigenvalue weighted by Crippen LogP contribution is -2.15. The Morgan fingerprint density at radius 1 is 0.897 bits per heavy atom. The zero-order valence-corrected chi connectivity index (χ0v) is 15.6. The van der Waals surface area contributed by atoms with E-state index >= 15 is 0 Å². The monoisotopic (exact) mass is 411 g/mol. The maximum absolute atomic E-state index is 12.5. The van der Waals surface area contributed by atoms with E-state index in [-0.39, 0.29) is 21.7 Å². The van der Waals surface area contributed by atoms with Gasteiger partial charge in [0.05, 0.1) is 10.5 Å². The molecule has 3 rings (SSSR count). The molecule has 0 aliphatic carbocycles. The highest BCUT2D eigenvalue weighted by Crippen LogP contribution is 2.29. The number of para-hydroxylation sites is 1. The van der Waals surface area contributed by atoms with Crippen molar-refractivity contribution in [3.63, 3.8) is 0 Å². The Hall–Kier alpha value is -3.69. The molecule has 0 aliphatic rings. The fourth-order valence-corrected chi connectivity index (χ4v) is 3.54. The topological polar surface area (TPSA) is 146 Å². The van der Waals surface area contributed by atoms with Crippen molar-refractivity contribution in [3.05, 3.63) is 77.9 Å². The normalized spacial score (nSPS) is 11.1. The maximum Gasteiger partial charge on any atom is 0.337 e. The molecule has 9 heteroatoms. The maximum atomic E-state index is 12.5. The molecule has 0 heterocycles. The van der Waals surface area contributed by atoms with Crippen LogP contribution in [0, 0.1) is 0 Å². The van der Waals surface area contributed by atoms with Crippen LogP contribution in [0.15, 0.2) is 71.6 Å². The molecule has 4 N–H and O–H groups in total. The summed E-state index contributed by atoms with van der Waals surface area (Å²) in [6, 6.07) is 15.7. The van der Waals surface area contributed by atoms with Crippen LogP contribution in [0.3, 0.4) is 0 Å². The molecular weight excluding hydrogens is 396 g/mol. The fraction of sp³-hybridized carbons (Fsp3) is 0. The van der Waals surface area contributed by atoms with Gasteiger partial charge in [0.15, 0.2) is 0 Å². The third-order valence-corrected chi connectivity index (χ3v) is 5.12. The summed E-state index contributed by atoms with van der Waals surface area (Å²) in [4.78, 5) is 23.7. The van der Waals surface area contributed by atoms with Crippen LogP contribution in [-0.2, 0) is 15.1 Å². The first-order chi connectivity index (χ1) is 13.7. The van der Waals surface area contributed by atoms with Gasteiger partial charge in [-0.05, 0) is 35.9 Å². The summed E-state index contributed by atoms with van der Waals surface area (Å²) in [7, 11) is -3.94. The summed E-state index contributed by atoms with van der Waals surface area (Å²) in [5.74, 6) is -2.65. The molecule has 1 radical (unpaired) electrons. The van der Waals surface area contributed by atoms with Crippen molar-refractivity contribution in [1.82, 2.24) is 0 Å². The number of amides is 1. The number of hydrogen-bond acceptors (Lipinski definition) is 4. The standard InChI is InChI=1S/C20H15N2O6S/c21-29(27,28)17-7-2-1-4-14(17)12-8-10-13(11-9-12)19(24)22-18-15(20(25)26)5-3-6-16(18)23/h1-11H,(H,22,24)(H,25,26)(H2,21,27,28). The number of anilines is 1. The van der Waals surface area contributed by atoms with E-state index in [4.69, 9.17) is 5.14 Å². The first kappa shape index (κ1) is 20.1. The smallest absolute Gasteiger partial charge is 0.337 e. The molecule has 0 aromatic heterocycles. The second kappa shape index (κ2) is 7.74. The number of aromatic carboxylic acids is 1. The van der Waals surface area contributed by atoms with Gasteiger partial charge in [0.25, 0.3) is 5.91 Å². The Bertz CT molecular complexity index is 1200. The van der Waals surface area contributed by atoms with E-state index in [1.807, 2.05) is 0 Å². The van der Waals surface area contributed by atoms with Gasteiger partial charge in [-0.3, -0.25) is 9.90 Å². The largest absolute Gasteiger partial charge is 0.478 e. The van der Waals surface area contributed by atoms with Crippen molar-refractivity contribution in [3.8, 4) is 16.9 Å². The fourth-order valence-electron chi connectivity index (χ4n) is 2.78. The average Bonchev–Trinajstić information content (AvgIpc) is 2.68. The van der Waals surface area contributed by atoms with Gasteiger partial charge >= 0.3 is 5.97 Å². The first-order valence-electron chi connectivity index (χ1n) is 8.25. The van der Waals surface area contributed by atoms with Gasteiger partial charge in [0, 0.05) is 11.1 Å². The summed E-state index contributed by atoms with van der Waals surface area (Å²) in [6.45, 7) is 0. The van der Waals surface area contributed by atoms with Crippen LogP contribution < -0.4 is 10.5 Å². The Morgan fingerprint density at radius 3 is 2.17 bits per heavy atom. The van der Waals surface area contributed by atoms with Crippen LogP contribution in [-0.4, -0.2) is 25.4 Å². The van der Waals surface area contributed by atoms with E-state index < -0.39 is 27.6 Å². The third-order valence-electron chi connectivity index (χ3n) is 4.15. The number of primary sulfonamides is 1. The summed E-state index contributed by atoms with van der Waals surface area (Å²) in [5, 5.41) is 28.7. The van der Waals surface area contributed by atoms with Gasteiger partial charge in [0.2, 0.25) is 15.8 Å². The van der Waals surface area contributed by atoms with Gasteiger partial charge < -0.3 is 10.4 Å². The predicted octanol–water partition coefficient (Wildman–Crippen LogP) is 3.10. The Kier molecular flexibility index (Phi) is 5.35. The number of nitrogens with two attached hydrogens (primary N) is 1. The van der Waals surface area contributed by atoms with Crippen LogP contribution >= 0.6 is 0 Å². The quantitative estimate of drug-likeness (QED) is 0.590. The molecule has 0 spiro atoms. The Morgan fingerprint density at radius 2 is 1.55 bits per heavy atom. The lowest BCUT2D eigenvalue weighted by Gasteiger charge is -2.11. The van der Waals surface area contributed by atoms with Crippen LogP contribution in [0.2, 0.25) is 0 Å². The number of carboxylic acid groups (broad SMARTS) is 1. The first-order valence-corrected chi connectivity index (χ1v) is 9.80. The number of benzene rings is 3. The predicted molar refractivity (Wildman–Crippen MR) is 105 cm³/mol. The van der Waals surface area contributed by atoms with Crippen molar-refractivity contribution in [1.29, 1.82) is 0 Å². The summed E-state index contributed by atoms with van der Waals surface area (Å²) in [5.41, 5.74) is 0.404. The molecule has 0 atom stereocenters. The summed E-state index contributed by atoms with van der Waals surface area (Å²) in [6.07, 6.45) is 0. The molecule has 147 valence electrons. The Balaban J connectivity index is 1.91. The molecule has 3 aromatic rings. The minimum absolute atomic E-state index is 0.0522. The number of hydrogen-bond donors (Lipinski definition) is 3. The summed E-state index contributed by atoms with van der Waals surface area (Å²) < 4.78 is 23.5. The number of carbonyl (C=O) groups excluding carboxylic acids is 1. The number of rotatable bonds is 5. The zero-order valence-electron chi connectivity index (χ0n) is 14.8. The molecule has 0 saturated carbocycles. The van der Waals surface area contributed by atoms with Gasteiger partial charge in [-0.1, -0.05) is 36.4 Å². The van der Waals surface area contributed by atoms with E-state index in [1.165, 1.54) is 42.5 Å². The van der Waals surface area contributed by atoms with Crippen LogP contribution in [0.25, 0.3) is 11.1 Å². The van der Waals surface area contributed by atoms with Crippen LogP contribution in [0.1, 0.15) is 20.7 Å². The van der Waals surface area contributed by atoms with Crippen molar-refractivity contribution in [2.75, 3.05) is 5.32 Å². The number of carboxylic acids is 1. The molecule has 3 aromatic carbocycles. The lowest BCUT2D eigenvalue weighted by molar-refractivity contribution is 0.0697. The van der Waals surface area contributed by atoms with Gasteiger partial charge in [-0.2, -0.15) is 0 Å². The molecule has 8 nitrogen and oxygen atoms in total. The van der Waals surface area contributed by atoms with Gasteiger partial charge in [-0.15, -0.1) is 0 Å². The average molecular weight is 411 g/mol. The minimum Gasteiger partial charge on any atom is -0.478 e. The number of sulfonamides is 1. The molecule has 0 unspecified atom stereocenters. The van der Waals surface area contributed by atoms with E-state index in [0.717, 1.165) is 6.07 Å². The highest BCUT2D eigenvalue weighted by Gasteiger charge is 2.19. The van der Waals surface area contributed by atoms with Crippen molar-refractivity contribution in [2.45, 2.75) is 4.90 Å². The second-order valence-corrected chi connectivity index (χ2v) is 7.59. The lowest BCUT2D eigenvalue weighted by atomic mass is 10.0. The van der Waals surface area contributed by atoms with Gasteiger partial charge in [-0.25, -0.2) is 18.4 Å². The van der Waals surface area contributed by atoms with Crippen molar-refractivity contribution < 1.29 is 28.2 Å². The third kappa shape index (κ3) is 4.26. The van der Waals surface area contributed by atoms with E-state index in [1.54, 1.807) is 18.2 Å². The molecule has 0 fully saturated rings. The van der Waals surface area contributed by atoms with Crippen molar-refractivity contribution in [2.24, 2.45) is 5.14 Å². The van der Waals surface area contributed by atoms with E-state index in [9.17, 15) is 28.2 Å². The van der Waals surface area contributed by atoms with E-state index in [2.05, 4.69) is 5.32 Å². The highest BCUT2D eigenvalue weighted by atomic mass is 32.2. The summed E-state index contributed by atoms with van der Waals surface area (Å²) >= 11 is 0. The Labute approximate surface area is 166 Å². The molecule has 0 aliphatic heterocycles. The van der Waals surface area contributed by atoms with Crippen LogP contribution in [0.4, 0.5) is 5.69 Å². The highest BCUT2D eigenvalue weighted by molar-refractivity contribution is 7.89. The molecule has 29 heavy (non-hydrogen) atoms. The van der Waals surface area contributed by atoms with Gasteiger partial charge in [0.1, 0.15) is 5.69 Å². The van der Waals surface area contributed by atoms with Crippen molar-refractivity contribution >= 4 is 27.6 Å². The molecule has 0 saturated heterocycles. The van der Waals surface area contributed by atoms with E-state index in [0.29, 0.717) is 11.1 Å². The molecule has 0 bridgehead atoms. The zero-order chi connectivity index (χ0) is 21.2. The minimum atomic E-state index is -3.94. The molecular formula is C20H15N2O6S. The SMILES string of the molecule is NS(=O)(=O)c1ccccc1-c1ccc(C(=O)Nc2c([O])cccc2C(=O)O)cc1. The van der Waals surface area contributed by atoms with Crippen LogP contribution in [0.5, 0.6) is 5.75 Å². The molecule has 1 amide bonds. The number of carbonyl (C=O) groups is 2. The number of nitrogens with one attached hydrogen (secondary N) is 1. The second-order valence-electron chi connectivity index (χ2n) is 6.06.